The zero-order valence-corrected chi connectivity index (χ0v) is 17.7. The number of amides is 1. The van der Waals surface area contributed by atoms with Crippen molar-refractivity contribution in [1.29, 1.82) is 0 Å². The highest BCUT2D eigenvalue weighted by molar-refractivity contribution is 5.79. The first kappa shape index (κ1) is 21.8. The average Bonchev–Trinajstić information content (AvgIpc) is 3.23. The molecule has 3 heterocycles. The molecule has 170 valence electrons. The van der Waals surface area contributed by atoms with Crippen LogP contribution in [0.15, 0.2) is 36.4 Å². The van der Waals surface area contributed by atoms with Crippen molar-refractivity contribution in [3.63, 3.8) is 0 Å². The maximum Gasteiger partial charge on any atom is 0.453 e. The summed E-state index contributed by atoms with van der Waals surface area (Å²) in [6.07, 6.45) is -3.47. The van der Waals surface area contributed by atoms with Crippen LogP contribution in [0.25, 0.3) is 5.65 Å². The molecule has 1 amide bonds. The van der Waals surface area contributed by atoms with E-state index in [2.05, 4.69) is 15.3 Å². The van der Waals surface area contributed by atoms with Gasteiger partial charge in [0.25, 0.3) is 5.82 Å². The monoisotopic (exact) mass is 448 g/mol. The summed E-state index contributed by atoms with van der Waals surface area (Å²) in [7, 11) is 3.36. The molecule has 1 aromatic carbocycles. The molecule has 0 radical (unpaired) electrons. The Bertz CT molecular complexity index is 1110. The lowest BCUT2D eigenvalue weighted by Crippen LogP contribution is -2.41. The standard InChI is InChI=1S/C21H23F3N6O2/c1-28(13-15-5-3-4-6-16(15)32-2)19(31)14-9-11-29(12-10-14)18-8-7-17-25-26-20(21(22,23)24)30(17)27-18/h3-8,14H,9-13H2,1-2H3. The molecule has 0 spiro atoms. The molecule has 1 saturated heterocycles. The van der Waals surface area contributed by atoms with Gasteiger partial charge in [-0.2, -0.15) is 17.7 Å². The largest absolute Gasteiger partial charge is 0.496 e. The normalized spacial score (nSPS) is 15.2. The second-order valence-corrected chi connectivity index (χ2v) is 7.75. The number of piperidine rings is 1. The lowest BCUT2D eigenvalue weighted by Gasteiger charge is -2.33. The van der Waals surface area contributed by atoms with Crippen molar-refractivity contribution in [3.8, 4) is 5.75 Å². The number of nitrogens with zero attached hydrogens (tertiary/aromatic N) is 6. The topological polar surface area (TPSA) is 75.9 Å². The van der Waals surface area contributed by atoms with Gasteiger partial charge in [0, 0.05) is 38.2 Å². The van der Waals surface area contributed by atoms with Gasteiger partial charge in [-0.1, -0.05) is 18.2 Å². The number of fused-ring (bicyclic) bond motifs is 1. The summed E-state index contributed by atoms with van der Waals surface area (Å²) in [5, 5.41) is 10.8. The highest BCUT2D eigenvalue weighted by Gasteiger charge is 2.38. The Morgan fingerprint density at radius 2 is 1.88 bits per heavy atom. The van der Waals surface area contributed by atoms with Gasteiger partial charge in [0.2, 0.25) is 5.91 Å². The minimum Gasteiger partial charge on any atom is -0.496 e. The van der Waals surface area contributed by atoms with E-state index in [1.54, 1.807) is 25.1 Å². The molecular formula is C21H23F3N6O2. The number of methoxy groups -OCH3 is 1. The van der Waals surface area contributed by atoms with E-state index in [9.17, 15) is 18.0 Å². The van der Waals surface area contributed by atoms with Gasteiger partial charge in [0.15, 0.2) is 5.65 Å². The van der Waals surface area contributed by atoms with Gasteiger partial charge >= 0.3 is 6.18 Å². The number of ether oxygens (including phenoxy) is 1. The quantitative estimate of drug-likeness (QED) is 0.597. The number of benzene rings is 1. The highest BCUT2D eigenvalue weighted by Crippen LogP contribution is 2.29. The van der Waals surface area contributed by atoms with E-state index >= 15 is 0 Å². The van der Waals surface area contributed by atoms with E-state index in [1.165, 1.54) is 6.07 Å². The van der Waals surface area contributed by atoms with E-state index in [0.29, 0.717) is 42.8 Å². The predicted molar refractivity (Wildman–Crippen MR) is 110 cm³/mol. The molecule has 0 saturated carbocycles. The number of alkyl halides is 3. The number of hydrogen-bond donors (Lipinski definition) is 0. The first-order chi connectivity index (χ1) is 15.3. The molecule has 1 fully saturated rings. The van der Waals surface area contributed by atoms with E-state index in [0.717, 1.165) is 11.3 Å². The molecule has 0 atom stereocenters. The predicted octanol–water partition coefficient (Wildman–Crippen LogP) is 3.03. The van der Waals surface area contributed by atoms with Gasteiger partial charge in [0.05, 0.1) is 7.11 Å². The average molecular weight is 448 g/mol. The van der Waals surface area contributed by atoms with Crippen LogP contribution in [0.4, 0.5) is 19.0 Å². The first-order valence-electron chi connectivity index (χ1n) is 10.2. The summed E-state index contributed by atoms with van der Waals surface area (Å²) in [4.78, 5) is 16.5. The summed E-state index contributed by atoms with van der Waals surface area (Å²) >= 11 is 0. The third kappa shape index (κ3) is 4.32. The molecular weight excluding hydrogens is 425 g/mol. The third-order valence-electron chi connectivity index (χ3n) is 5.65. The van der Waals surface area contributed by atoms with E-state index in [-0.39, 0.29) is 17.5 Å². The zero-order valence-electron chi connectivity index (χ0n) is 17.7. The van der Waals surface area contributed by atoms with Crippen molar-refractivity contribution in [2.75, 3.05) is 32.1 Å². The smallest absolute Gasteiger partial charge is 0.453 e. The lowest BCUT2D eigenvalue weighted by molar-refractivity contribution is -0.146. The Hall–Kier alpha value is -3.37. The molecule has 0 bridgehead atoms. The Morgan fingerprint density at radius 1 is 1.16 bits per heavy atom. The molecule has 4 rings (SSSR count). The molecule has 1 aliphatic heterocycles. The van der Waals surface area contributed by atoms with Gasteiger partial charge in [-0.25, -0.2) is 0 Å². The highest BCUT2D eigenvalue weighted by atomic mass is 19.4. The minimum absolute atomic E-state index is 0.0316. The van der Waals surface area contributed by atoms with Crippen LogP contribution in [0, 0.1) is 5.92 Å². The molecule has 1 aliphatic rings. The van der Waals surface area contributed by atoms with Gasteiger partial charge in [-0.3, -0.25) is 4.79 Å². The summed E-state index contributed by atoms with van der Waals surface area (Å²) in [5.74, 6) is -0.142. The maximum atomic E-state index is 13.1. The van der Waals surface area contributed by atoms with Crippen molar-refractivity contribution in [1.82, 2.24) is 24.7 Å². The van der Waals surface area contributed by atoms with Crippen LogP contribution in [0.1, 0.15) is 24.2 Å². The van der Waals surface area contributed by atoms with E-state index in [4.69, 9.17) is 4.74 Å². The second kappa shape index (κ2) is 8.64. The Labute approximate surface area is 182 Å². The van der Waals surface area contributed by atoms with Crippen LogP contribution in [-0.2, 0) is 17.5 Å². The second-order valence-electron chi connectivity index (χ2n) is 7.75. The molecule has 2 aromatic heterocycles. The number of aromatic nitrogens is 4. The number of para-hydroxylation sites is 1. The van der Waals surface area contributed by atoms with Gasteiger partial charge in [-0.05, 0) is 31.0 Å². The van der Waals surface area contributed by atoms with Gasteiger partial charge < -0.3 is 14.5 Å². The van der Waals surface area contributed by atoms with Gasteiger partial charge in [0.1, 0.15) is 11.6 Å². The summed E-state index contributed by atoms with van der Waals surface area (Å²) in [6, 6.07) is 10.6. The molecule has 8 nitrogen and oxygen atoms in total. The van der Waals surface area contributed by atoms with Crippen LogP contribution in [0.3, 0.4) is 0 Å². The fraction of sp³-hybridized carbons (Fsp3) is 0.429. The van der Waals surface area contributed by atoms with Crippen LogP contribution < -0.4 is 9.64 Å². The Balaban J connectivity index is 1.41. The summed E-state index contributed by atoms with van der Waals surface area (Å²) in [5.41, 5.74) is 0.958. The molecule has 0 aliphatic carbocycles. The van der Waals surface area contributed by atoms with Crippen molar-refractivity contribution in [2.45, 2.75) is 25.6 Å². The van der Waals surface area contributed by atoms with Crippen LogP contribution in [0.2, 0.25) is 0 Å². The number of rotatable bonds is 5. The lowest BCUT2D eigenvalue weighted by atomic mass is 9.95. The Morgan fingerprint density at radius 3 is 2.56 bits per heavy atom. The SMILES string of the molecule is COc1ccccc1CN(C)C(=O)C1CCN(c2ccc3nnc(C(F)(F)F)n3n2)CC1. The molecule has 0 N–H and O–H groups in total. The number of halogens is 3. The van der Waals surface area contributed by atoms with Crippen LogP contribution >= 0.6 is 0 Å². The molecule has 3 aromatic rings. The molecule has 32 heavy (non-hydrogen) atoms. The van der Waals surface area contributed by atoms with Crippen molar-refractivity contribution in [3.05, 3.63) is 47.8 Å². The summed E-state index contributed by atoms with van der Waals surface area (Å²) < 4.78 is 45.4. The Kier molecular flexibility index (Phi) is 5.90. The third-order valence-corrected chi connectivity index (χ3v) is 5.65. The van der Waals surface area contributed by atoms with Crippen molar-refractivity contribution >= 4 is 17.4 Å². The maximum absolute atomic E-state index is 13.1. The zero-order chi connectivity index (χ0) is 22.9. The fourth-order valence-corrected chi connectivity index (χ4v) is 3.96. The summed E-state index contributed by atoms with van der Waals surface area (Å²) in [6.45, 7) is 1.47. The fourth-order valence-electron chi connectivity index (χ4n) is 3.96. The van der Waals surface area contributed by atoms with Gasteiger partial charge in [-0.15, -0.1) is 15.3 Å². The van der Waals surface area contributed by atoms with Crippen LogP contribution in [-0.4, -0.2) is 57.9 Å². The number of hydrogen-bond acceptors (Lipinski definition) is 6. The van der Waals surface area contributed by atoms with E-state index in [1.807, 2.05) is 29.2 Å². The minimum atomic E-state index is -4.64. The number of carbonyl (C=O) groups is 1. The van der Waals surface area contributed by atoms with Crippen LogP contribution in [0.5, 0.6) is 5.75 Å². The molecule has 11 heteroatoms. The molecule has 0 unspecified atom stereocenters. The first-order valence-corrected chi connectivity index (χ1v) is 10.2. The number of carbonyl (C=O) groups excluding carboxylic acids is 1. The van der Waals surface area contributed by atoms with Crippen molar-refractivity contribution < 1.29 is 22.7 Å². The van der Waals surface area contributed by atoms with Crippen molar-refractivity contribution in [2.24, 2.45) is 5.92 Å². The number of anilines is 1. The van der Waals surface area contributed by atoms with E-state index < -0.39 is 12.0 Å².